The molecule has 1 heterocycles. The number of carbonyl (C=O) groups is 1. The quantitative estimate of drug-likeness (QED) is 0.757. The number of halogens is 1. The molecule has 0 fully saturated rings. The van der Waals surface area contributed by atoms with E-state index in [1.807, 2.05) is 44.2 Å². The van der Waals surface area contributed by atoms with E-state index in [0.717, 1.165) is 12.1 Å². The van der Waals surface area contributed by atoms with Crippen LogP contribution in [0.15, 0.2) is 47.3 Å². The summed E-state index contributed by atoms with van der Waals surface area (Å²) < 4.78 is 0. The molecule has 0 radical (unpaired) electrons. The Labute approximate surface area is 141 Å². The van der Waals surface area contributed by atoms with Gasteiger partial charge in [0.05, 0.1) is 0 Å². The van der Waals surface area contributed by atoms with Gasteiger partial charge in [0, 0.05) is 18.3 Å². The van der Waals surface area contributed by atoms with Gasteiger partial charge in [0.15, 0.2) is 0 Å². The molecule has 0 saturated carbocycles. The van der Waals surface area contributed by atoms with Crippen LogP contribution in [-0.4, -0.2) is 30.0 Å². The highest BCUT2D eigenvalue weighted by Crippen LogP contribution is 2.14. The standard InChI is InChI=1S/C17H21N3O2.ClH/c1-3-18-12(2)11-19-16(21)14-9-10-15(20-17(14)22)13-7-5-4-6-8-13;/h4-10,12,18H,3,11H2,1-2H3,(H,19,21)(H,20,22);1H/t12-;/m1./s1. The van der Waals surface area contributed by atoms with Crippen molar-refractivity contribution in [2.45, 2.75) is 19.9 Å². The number of pyridine rings is 1. The molecule has 2 rings (SSSR count). The third kappa shape index (κ3) is 5.23. The van der Waals surface area contributed by atoms with Gasteiger partial charge in [-0.05, 0) is 31.2 Å². The number of amides is 1. The molecule has 124 valence electrons. The van der Waals surface area contributed by atoms with Gasteiger partial charge in [-0.25, -0.2) is 0 Å². The Kier molecular flexibility index (Phi) is 7.51. The summed E-state index contributed by atoms with van der Waals surface area (Å²) in [7, 11) is 0. The van der Waals surface area contributed by atoms with E-state index in [1.165, 1.54) is 0 Å². The number of rotatable bonds is 6. The van der Waals surface area contributed by atoms with E-state index in [2.05, 4.69) is 15.6 Å². The second-order valence-corrected chi connectivity index (χ2v) is 5.15. The maximum Gasteiger partial charge on any atom is 0.261 e. The van der Waals surface area contributed by atoms with Gasteiger partial charge in [0.2, 0.25) is 0 Å². The molecule has 1 atom stereocenters. The molecule has 6 heteroatoms. The summed E-state index contributed by atoms with van der Waals surface area (Å²) in [6, 6.07) is 13.0. The number of hydrogen-bond donors (Lipinski definition) is 3. The molecule has 5 nitrogen and oxygen atoms in total. The summed E-state index contributed by atoms with van der Waals surface area (Å²) in [4.78, 5) is 26.9. The fraction of sp³-hybridized carbons (Fsp3) is 0.294. The lowest BCUT2D eigenvalue weighted by Gasteiger charge is -2.13. The van der Waals surface area contributed by atoms with Crippen LogP contribution in [0.1, 0.15) is 24.2 Å². The molecular weight excluding hydrogens is 314 g/mol. The number of nitrogens with one attached hydrogen (secondary N) is 3. The lowest BCUT2D eigenvalue weighted by atomic mass is 10.1. The predicted octanol–water partition coefficient (Wildman–Crippen LogP) is 2.19. The number of aromatic amines is 1. The molecule has 0 aliphatic heterocycles. The highest BCUT2D eigenvalue weighted by Gasteiger charge is 2.12. The van der Waals surface area contributed by atoms with Gasteiger partial charge in [-0.15, -0.1) is 12.4 Å². The van der Waals surface area contributed by atoms with Crippen LogP contribution in [0.5, 0.6) is 0 Å². The second-order valence-electron chi connectivity index (χ2n) is 5.15. The van der Waals surface area contributed by atoms with Crippen LogP contribution >= 0.6 is 12.4 Å². The van der Waals surface area contributed by atoms with Crippen LogP contribution in [0.4, 0.5) is 0 Å². The number of carbonyl (C=O) groups excluding carboxylic acids is 1. The molecule has 0 aliphatic rings. The zero-order valence-corrected chi connectivity index (χ0v) is 14.1. The van der Waals surface area contributed by atoms with Crippen LogP contribution in [0.2, 0.25) is 0 Å². The first kappa shape index (κ1) is 18.9. The van der Waals surface area contributed by atoms with Crippen LogP contribution < -0.4 is 16.2 Å². The number of aromatic nitrogens is 1. The summed E-state index contributed by atoms with van der Waals surface area (Å²) in [6.07, 6.45) is 0. The van der Waals surface area contributed by atoms with Crippen molar-refractivity contribution in [1.82, 2.24) is 15.6 Å². The molecule has 0 unspecified atom stereocenters. The zero-order valence-electron chi connectivity index (χ0n) is 13.3. The first-order valence-corrected chi connectivity index (χ1v) is 7.42. The molecule has 3 N–H and O–H groups in total. The molecule has 0 spiro atoms. The summed E-state index contributed by atoms with van der Waals surface area (Å²) in [5, 5.41) is 5.96. The third-order valence-corrected chi connectivity index (χ3v) is 3.36. The van der Waals surface area contributed by atoms with Crippen molar-refractivity contribution in [3.63, 3.8) is 0 Å². The van der Waals surface area contributed by atoms with Crippen LogP contribution in [-0.2, 0) is 0 Å². The smallest absolute Gasteiger partial charge is 0.261 e. The van der Waals surface area contributed by atoms with E-state index in [1.54, 1.807) is 12.1 Å². The monoisotopic (exact) mass is 335 g/mol. The second kappa shape index (κ2) is 9.12. The predicted molar refractivity (Wildman–Crippen MR) is 95.2 cm³/mol. The fourth-order valence-corrected chi connectivity index (χ4v) is 2.20. The average molecular weight is 336 g/mol. The van der Waals surface area contributed by atoms with Gasteiger partial charge in [0.1, 0.15) is 5.56 Å². The molecule has 2 aromatic rings. The molecule has 23 heavy (non-hydrogen) atoms. The summed E-state index contributed by atoms with van der Waals surface area (Å²) in [6.45, 7) is 5.30. The molecule has 1 amide bonds. The minimum Gasteiger partial charge on any atom is -0.350 e. The number of benzene rings is 1. The highest BCUT2D eigenvalue weighted by atomic mass is 35.5. The number of H-pyrrole nitrogens is 1. The minimum atomic E-state index is -0.380. The Balaban J connectivity index is 0.00000264. The molecule has 0 bridgehead atoms. The highest BCUT2D eigenvalue weighted by molar-refractivity contribution is 5.94. The van der Waals surface area contributed by atoms with Crippen molar-refractivity contribution in [1.29, 1.82) is 0 Å². The zero-order chi connectivity index (χ0) is 15.9. The van der Waals surface area contributed by atoms with Crippen LogP contribution in [0.3, 0.4) is 0 Å². The van der Waals surface area contributed by atoms with E-state index in [4.69, 9.17) is 0 Å². The molecule has 0 saturated heterocycles. The first-order valence-electron chi connectivity index (χ1n) is 7.42. The summed E-state index contributed by atoms with van der Waals surface area (Å²) in [5.41, 5.74) is 1.36. The summed E-state index contributed by atoms with van der Waals surface area (Å²) >= 11 is 0. The van der Waals surface area contributed by atoms with Crippen molar-refractivity contribution in [2.75, 3.05) is 13.1 Å². The van der Waals surface area contributed by atoms with Gasteiger partial charge >= 0.3 is 0 Å². The van der Waals surface area contributed by atoms with Gasteiger partial charge in [0.25, 0.3) is 11.5 Å². The Morgan fingerprint density at radius 2 is 1.87 bits per heavy atom. The lowest BCUT2D eigenvalue weighted by Crippen LogP contribution is -2.40. The minimum absolute atomic E-state index is 0. The number of hydrogen-bond acceptors (Lipinski definition) is 3. The van der Waals surface area contributed by atoms with Crippen molar-refractivity contribution in [2.24, 2.45) is 0 Å². The SMILES string of the molecule is CCN[C@H](C)CNC(=O)c1ccc(-c2ccccc2)[nH]c1=O.Cl. The molecular formula is C17H22ClN3O2. The van der Waals surface area contributed by atoms with Crippen LogP contribution in [0, 0.1) is 0 Å². The van der Waals surface area contributed by atoms with E-state index in [9.17, 15) is 9.59 Å². The molecule has 1 aromatic carbocycles. The van der Waals surface area contributed by atoms with Gasteiger partial charge in [-0.3, -0.25) is 9.59 Å². The normalized spacial score (nSPS) is 11.4. The Morgan fingerprint density at radius 1 is 1.17 bits per heavy atom. The van der Waals surface area contributed by atoms with Crippen molar-refractivity contribution in [3.8, 4) is 11.3 Å². The van der Waals surface area contributed by atoms with Crippen molar-refractivity contribution in [3.05, 3.63) is 58.4 Å². The van der Waals surface area contributed by atoms with Crippen molar-refractivity contribution >= 4 is 18.3 Å². The van der Waals surface area contributed by atoms with E-state index < -0.39 is 0 Å². The van der Waals surface area contributed by atoms with E-state index >= 15 is 0 Å². The Morgan fingerprint density at radius 3 is 2.48 bits per heavy atom. The maximum absolute atomic E-state index is 12.1. The lowest BCUT2D eigenvalue weighted by molar-refractivity contribution is 0.0948. The van der Waals surface area contributed by atoms with E-state index in [-0.39, 0.29) is 35.5 Å². The average Bonchev–Trinajstić information content (AvgIpc) is 2.53. The maximum atomic E-state index is 12.1. The first-order chi connectivity index (χ1) is 10.6. The molecule has 0 aliphatic carbocycles. The van der Waals surface area contributed by atoms with Gasteiger partial charge in [-0.2, -0.15) is 0 Å². The largest absolute Gasteiger partial charge is 0.350 e. The Bertz CT molecular complexity index is 686. The fourth-order valence-electron chi connectivity index (χ4n) is 2.20. The van der Waals surface area contributed by atoms with Crippen LogP contribution in [0.25, 0.3) is 11.3 Å². The van der Waals surface area contributed by atoms with Gasteiger partial charge in [-0.1, -0.05) is 37.3 Å². The van der Waals surface area contributed by atoms with Crippen molar-refractivity contribution < 1.29 is 4.79 Å². The third-order valence-electron chi connectivity index (χ3n) is 3.36. The number of likely N-dealkylation sites (N-methyl/N-ethyl adjacent to an activating group) is 1. The molecule has 1 aromatic heterocycles. The van der Waals surface area contributed by atoms with E-state index in [0.29, 0.717) is 12.2 Å². The van der Waals surface area contributed by atoms with Gasteiger partial charge < -0.3 is 15.6 Å². The Hall–Kier alpha value is -2.11. The summed E-state index contributed by atoms with van der Waals surface area (Å²) in [5.74, 6) is -0.356. The topological polar surface area (TPSA) is 74.0 Å².